The number of rotatable bonds is 4. The third-order valence-electron chi connectivity index (χ3n) is 5.43. The Morgan fingerprint density at radius 2 is 2.04 bits per heavy atom. The average molecular weight is 399 g/mol. The van der Waals surface area contributed by atoms with Gasteiger partial charge in [-0.1, -0.05) is 18.6 Å². The van der Waals surface area contributed by atoms with E-state index in [1.807, 2.05) is 35.0 Å². The number of amides is 2. The number of likely N-dealkylation sites (tertiary alicyclic amines) is 1. The first-order chi connectivity index (χ1) is 13.5. The second-order valence-electron chi connectivity index (χ2n) is 7.75. The quantitative estimate of drug-likeness (QED) is 0.858. The Morgan fingerprint density at radius 1 is 1.21 bits per heavy atom. The Hall–Kier alpha value is -2.22. The summed E-state index contributed by atoms with van der Waals surface area (Å²) in [6.45, 7) is 2.25. The summed E-state index contributed by atoms with van der Waals surface area (Å²) in [5.41, 5.74) is 2.64. The zero-order chi connectivity index (χ0) is 19.7. The van der Waals surface area contributed by atoms with Crippen molar-refractivity contribution in [2.24, 2.45) is 0 Å². The summed E-state index contributed by atoms with van der Waals surface area (Å²) in [7, 11) is 4.16. The normalized spacial score (nSPS) is 19.8. The van der Waals surface area contributed by atoms with Gasteiger partial charge in [0.2, 0.25) is 5.91 Å². The topological polar surface area (TPSA) is 55.9 Å². The van der Waals surface area contributed by atoms with E-state index in [0.29, 0.717) is 29.5 Å². The first-order valence-electron chi connectivity index (χ1n) is 9.73. The maximum Gasteiger partial charge on any atom is 0.258 e. The molecule has 2 aliphatic heterocycles. The van der Waals surface area contributed by atoms with Crippen molar-refractivity contribution in [3.05, 3.63) is 40.6 Å². The molecular weight excluding hydrogens is 372 g/mol. The summed E-state index contributed by atoms with van der Waals surface area (Å²) in [5, 5.41) is 6.64. The van der Waals surface area contributed by atoms with Gasteiger partial charge in [-0.25, -0.2) is 0 Å². The lowest BCUT2D eigenvalue weighted by Crippen LogP contribution is -2.49. The highest BCUT2D eigenvalue weighted by molar-refractivity contribution is 7.08. The SMILES string of the molecule is CN(C)CC1CCCCN1CC(=O)N1c2ccccc2NC(=O)c2cscc21. The zero-order valence-electron chi connectivity index (χ0n) is 16.4. The van der Waals surface area contributed by atoms with Gasteiger partial charge in [0, 0.05) is 23.3 Å². The summed E-state index contributed by atoms with van der Waals surface area (Å²) in [6.07, 6.45) is 3.45. The zero-order valence-corrected chi connectivity index (χ0v) is 17.2. The number of nitrogens with zero attached hydrogens (tertiary/aromatic N) is 3. The number of thiophene rings is 1. The summed E-state index contributed by atoms with van der Waals surface area (Å²) in [4.78, 5) is 32.3. The molecule has 0 radical (unpaired) electrons. The fourth-order valence-electron chi connectivity index (χ4n) is 4.14. The lowest BCUT2D eigenvalue weighted by atomic mass is 10.0. The van der Waals surface area contributed by atoms with Crippen LogP contribution in [0.1, 0.15) is 29.6 Å². The molecule has 1 atom stereocenters. The van der Waals surface area contributed by atoms with E-state index in [2.05, 4.69) is 29.2 Å². The Labute approximate surface area is 169 Å². The molecule has 1 N–H and O–H groups in total. The van der Waals surface area contributed by atoms with E-state index in [9.17, 15) is 9.59 Å². The van der Waals surface area contributed by atoms with E-state index >= 15 is 0 Å². The molecule has 1 aromatic carbocycles. The number of fused-ring (bicyclic) bond motifs is 2. The molecular formula is C21H26N4O2S. The molecule has 148 valence electrons. The van der Waals surface area contributed by atoms with Crippen molar-refractivity contribution in [2.75, 3.05) is 43.9 Å². The van der Waals surface area contributed by atoms with E-state index in [0.717, 1.165) is 31.6 Å². The molecule has 4 rings (SSSR count). The number of para-hydroxylation sites is 2. The molecule has 0 aliphatic carbocycles. The minimum Gasteiger partial charge on any atom is -0.320 e. The molecule has 2 aliphatic rings. The Balaban J connectivity index is 1.65. The van der Waals surface area contributed by atoms with E-state index in [4.69, 9.17) is 0 Å². The molecule has 28 heavy (non-hydrogen) atoms. The van der Waals surface area contributed by atoms with E-state index in [-0.39, 0.29) is 11.8 Å². The van der Waals surface area contributed by atoms with Crippen LogP contribution in [0.5, 0.6) is 0 Å². The number of likely N-dealkylation sites (N-methyl/N-ethyl adjacent to an activating group) is 1. The van der Waals surface area contributed by atoms with Crippen LogP contribution in [-0.2, 0) is 4.79 Å². The average Bonchev–Trinajstić information content (AvgIpc) is 3.10. The van der Waals surface area contributed by atoms with Crippen LogP contribution < -0.4 is 10.2 Å². The van der Waals surface area contributed by atoms with Crippen LogP contribution in [0.15, 0.2) is 35.0 Å². The highest BCUT2D eigenvalue weighted by Crippen LogP contribution is 2.39. The van der Waals surface area contributed by atoms with Gasteiger partial charge < -0.3 is 10.2 Å². The number of carbonyl (C=O) groups excluding carboxylic acids is 2. The fraction of sp³-hybridized carbons (Fsp3) is 0.429. The smallest absolute Gasteiger partial charge is 0.258 e. The predicted molar refractivity (Wildman–Crippen MR) is 114 cm³/mol. The Bertz CT molecular complexity index is 879. The van der Waals surface area contributed by atoms with Gasteiger partial charge in [0.05, 0.1) is 29.2 Å². The molecule has 0 saturated carbocycles. The van der Waals surface area contributed by atoms with Gasteiger partial charge >= 0.3 is 0 Å². The summed E-state index contributed by atoms with van der Waals surface area (Å²) in [5.74, 6) is -0.156. The van der Waals surface area contributed by atoms with Crippen LogP contribution in [-0.4, -0.2) is 61.4 Å². The number of nitrogens with one attached hydrogen (secondary N) is 1. The van der Waals surface area contributed by atoms with Gasteiger partial charge in [-0.3, -0.25) is 19.4 Å². The predicted octanol–water partition coefficient (Wildman–Crippen LogP) is 3.39. The number of hydrogen-bond donors (Lipinski definition) is 1. The molecule has 1 fully saturated rings. The van der Waals surface area contributed by atoms with Crippen LogP contribution in [0.25, 0.3) is 0 Å². The van der Waals surface area contributed by atoms with Crippen molar-refractivity contribution in [2.45, 2.75) is 25.3 Å². The largest absolute Gasteiger partial charge is 0.320 e. The second-order valence-corrected chi connectivity index (χ2v) is 8.50. The molecule has 0 bridgehead atoms. The lowest BCUT2D eigenvalue weighted by Gasteiger charge is -2.37. The Kier molecular flexibility index (Phi) is 5.48. The number of anilines is 3. The highest BCUT2D eigenvalue weighted by atomic mass is 32.1. The van der Waals surface area contributed by atoms with E-state index < -0.39 is 0 Å². The second kappa shape index (κ2) is 8.03. The lowest BCUT2D eigenvalue weighted by molar-refractivity contribution is -0.120. The van der Waals surface area contributed by atoms with Gasteiger partial charge in [-0.15, -0.1) is 11.3 Å². The summed E-state index contributed by atoms with van der Waals surface area (Å²) >= 11 is 1.44. The molecule has 1 unspecified atom stereocenters. The van der Waals surface area contributed by atoms with Crippen LogP contribution in [0, 0.1) is 0 Å². The first-order valence-corrected chi connectivity index (χ1v) is 10.7. The van der Waals surface area contributed by atoms with Crippen molar-refractivity contribution in [1.29, 1.82) is 0 Å². The summed E-state index contributed by atoms with van der Waals surface area (Å²) < 4.78 is 0. The van der Waals surface area contributed by atoms with E-state index in [1.54, 1.807) is 4.90 Å². The maximum absolute atomic E-state index is 13.5. The number of carbonyl (C=O) groups is 2. The maximum atomic E-state index is 13.5. The van der Waals surface area contributed by atoms with Gasteiger partial charge in [-0.2, -0.15) is 0 Å². The summed E-state index contributed by atoms with van der Waals surface area (Å²) in [6, 6.07) is 7.90. The molecule has 1 saturated heterocycles. The fourth-order valence-corrected chi connectivity index (χ4v) is 4.93. The molecule has 2 amide bonds. The monoisotopic (exact) mass is 398 g/mol. The third kappa shape index (κ3) is 3.70. The molecule has 0 spiro atoms. The van der Waals surface area contributed by atoms with Gasteiger partial charge in [-0.05, 0) is 45.6 Å². The third-order valence-corrected chi connectivity index (χ3v) is 6.16. The standard InChI is InChI=1S/C21H26N4O2S/c1-23(2)11-15-7-5-6-10-24(15)12-20(26)25-18-9-4-3-8-17(18)22-21(27)16-13-28-14-19(16)25/h3-4,8-9,13-15H,5-7,10-12H2,1-2H3,(H,22,27). The molecule has 6 nitrogen and oxygen atoms in total. The minimum absolute atomic E-state index is 0.00857. The van der Waals surface area contributed by atoms with Crippen molar-refractivity contribution >= 4 is 40.2 Å². The molecule has 1 aromatic heterocycles. The first kappa shape index (κ1) is 19.1. The van der Waals surface area contributed by atoms with Crippen molar-refractivity contribution < 1.29 is 9.59 Å². The molecule has 7 heteroatoms. The number of hydrogen-bond acceptors (Lipinski definition) is 5. The van der Waals surface area contributed by atoms with Crippen LogP contribution in [0.3, 0.4) is 0 Å². The minimum atomic E-state index is -0.164. The van der Waals surface area contributed by atoms with Crippen molar-refractivity contribution in [1.82, 2.24) is 9.80 Å². The van der Waals surface area contributed by atoms with Crippen LogP contribution >= 0.6 is 11.3 Å². The number of benzene rings is 1. The van der Waals surface area contributed by atoms with Gasteiger partial charge in [0.25, 0.3) is 5.91 Å². The van der Waals surface area contributed by atoms with Crippen molar-refractivity contribution in [3.8, 4) is 0 Å². The van der Waals surface area contributed by atoms with E-state index in [1.165, 1.54) is 17.8 Å². The van der Waals surface area contributed by atoms with Gasteiger partial charge in [0.15, 0.2) is 0 Å². The number of piperidine rings is 1. The van der Waals surface area contributed by atoms with Gasteiger partial charge in [0.1, 0.15) is 0 Å². The molecule has 2 aromatic rings. The van der Waals surface area contributed by atoms with Crippen molar-refractivity contribution in [3.63, 3.8) is 0 Å². The van der Waals surface area contributed by atoms with Crippen LogP contribution in [0.2, 0.25) is 0 Å². The van der Waals surface area contributed by atoms with Crippen LogP contribution in [0.4, 0.5) is 17.1 Å². The Morgan fingerprint density at radius 3 is 2.86 bits per heavy atom. The highest BCUT2D eigenvalue weighted by Gasteiger charge is 2.32. The molecule has 3 heterocycles.